The first kappa shape index (κ1) is 11.5. The minimum Gasteiger partial charge on any atom is -0.285 e. The van der Waals surface area contributed by atoms with E-state index in [1.165, 1.54) is 0 Å². The summed E-state index contributed by atoms with van der Waals surface area (Å²) in [5.41, 5.74) is 1.05. The van der Waals surface area contributed by atoms with Gasteiger partial charge in [-0.3, -0.25) is 4.55 Å². The third-order valence-corrected chi connectivity index (χ3v) is 4.72. The molecule has 0 heterocycles. The molecule has 0 bridgehead atoms. The fraction of sp³-hybridized carbons (Fsp3) is 0.600. The molecule has 0 aromatic carbocycles. The largest absolute Gasteiger partial charge is 0.285 e. The molecule has 0 amide bonds. The summed E-state index contributed by atoms with van der Waals surface area (Å²) in [4.78, 5) is 0. The molecule has 1 aliphatic rings. The topological polar surface area (TPSA) is 54.4 Å². The maximum Gasteiger partial charge on any atom is 0.274 e. The number of hydrogen-bond acceptors (Lipinski definition) is 2. The Bertz CT molecular complexity index is 378. The molecule has 0 spiro atoms. The monoisotopic (exact) mass is 216 g/mol. The van der Waals surface area contributed by atoms with E-state index in [1.807, 2.05) is 19.9 Å². The van der Waals surface area contributed by atoms with Crippen LogP contribution in [0, 0.1) is 5.92 Å². The molecule has 2 unspecified atom stereocenters. The second-order valence-electron chi connectivity index (χ2n) is 3.83. The Morgan fingerprint density at radius 1 is 1.57 bits per heavy atom. The molecular weight excluding hydrogens is 200 g/mol. The van der Waals surface area contributed by atoms with Crippen LogP contribution in [-0.4, -0.2) is 17.7 Å². The summed E-state index contributed by atoms with van der Waals surface area (Å²) in [5, 5.41) is 0. The summed E-state index contributed by atoms with van der Waals surface area (Å²) in [6.45, 7) is 5.35. The molecule has 1 aliphatic carbocycles. The summed E-state index contributed by atoms with van der Waals surface area (Å²) < 4.78 is 30.5. The standard InChI is InChI=1S/C10H16O3S/c1-4-9-6-5-7-10(3,8(9)2)14(11,12)13/h5-8H,4H2,1-3H3,(H,11,12,13). The van der Waals surface area contributed by atoms with Gasteiger partial charge in [-0.05, 0) is 13.3 Å². The Balaban J connectivity index is 3.19. The first-order valence-electron chi connectivity index (χ1n) is 4.68. The van der Waals surface area contributed by atoms with Crippen molar-refractivity contribution in [3.05, 3.63) is 23.8 Å². The molecule has 0 radical (unpaired) electrons. The fourth-order valence-electron chi connectivity index (χ4n) is 1.75. The molecule has 0 aromatic heterocycles. The predicted molar refractivity (Wildman–Crippen MR) is 56.6 cm³/mol. The molecule has 0 aromatic rings. The molecule has 0 aliphatic heterocycles. The lowest BCUT2D eigenvalue weighted by molar-refractivity contribution is 0.417. The smallest absolute Gasteiger partial charge is 0.274 e. The quantitative estimate of drug-likeness (QED) is 0.720. The highest BCUT2D eigenvalue weighted by molar-refractivity contribution is 7.87. The lowest BCUT2D eigenvalue weighted by Crippen LogP contribution is -2.41. The van der Waals surface area contributed by atoms with Crippen molar-refractivity contribution in [3.8, 4) is 0 Å². The van der Waals surface area contributed by atoms with E-state index in [1.54, 1.807) is 19.1 Å². The Morgan fingerprint density at radius 2 is 2.14 bits per heavy atom. The minimum atomic E-state index is -4.05. The normalized spacial score (nSPS) is 32.9. The molecule has 0 saturated carbocycles. The van der Waals surface area contributed by atoms with Crippen LogP contribution >= 0.6 is 0 Å². The molecular formula is C10H16O3S. The van der Waals surface area contributed by atoms with Gasteiger partial charge in [-0.2, -0.15) is 8.42 Å². The number of hydrogen-bond donors (Lipinski definition) is 1. The van der Waals surface area contributed by atoms with Crippen LogP contribution in [0.2, 0.25) is 0 Å². The van der Waals surface area contributed by atoms with Crippen molar-refractivity contribution >= 4 is 10.1 Å². The number of allylic oxidation sites excluding steroid dienone is 3. The van der Waals surface area contributed by atoms with Gasteiger partial charge in [0.05, 0.1) is 0 Å². The zero-order valence-electron chi connectivity index (χ0n) is 8.69. The van der Waals surface area contributed by atoms with Gasteiger partial charge in [0.2, 0.25) is 0 Å². The summed E-state index contributed by atoms with van der Waals surface area (Å²) in [7, 11) is -4.05. The van der Waals surface area contributed by atoms with Crippen LogP contribution in [-0.2, 0) is 10.1 Å². The van der Waals surface area contributed by atoms with Crippen molar-refractivity contribution in [2.24, 2.45) is 5.92 Å². The van der Waals surface area contributed by atoms with Crippen LogP contribution in [0.25, 0.3) is 0 Å². The molecule has 1 rings (SSSR count). The Morgan fingerprint density at radius 3 is 2.57 bits per heavy atom. The SMILES string of the molecule is CCC1=CC=CC(C)(S(=O)(=O)O)C1C. The maximum absolute atomic E-state index is 11.3. The molecule has 3 nitrogen and oxygen atoms in total. The van der Waals surface area contributed by atoms with Crippen molar-refractivity contribution in [1.82, 2.24) is 0 Å². The minimum absolute atomic E-state index is 0.174. The van der Waals surface area contributed by atoms with Gasteiger partial charge in [0.25, 0.3) is 10.1 Å². The van der Waals surface area contributed by atoms with Gasteiger partial charge >= 0.3 is 0 Å². The highest BCUT2D eigenvalue weighted by Crippen LogP contribution is 2.36. The van der Waals surface area contributed by atoms with E-state index in [0.717, 1.165) is 12.0 Å². The summed E-state index contributed by atoms with van der Waals surface area (Å²) in [6, 6.07) is 0. The first-order chi connectivity index (χ1) is 6.33. The Labute approximate surface area is 85.3 Å². The van der Waals surface area contributed by atoms with Gasteiger partial charge < -0.3 is 0 Å². The van der Waals surface area contributed by atoms with Gasteiger partial charge in [-0.15, -0.1) is 0 Å². The molecule has 14 heavy (non-hydrogen) atoms. The summed E-state index contributed by atoms with van der Waals surface area (Å²) in [5.74, 6) is -0.174. The van der Waals surface area contributed by atoms with Crippen LogP contribution in [0.4, 0.5) is 0 Å². The molecule has 4 heteroatoms. The van der Waals surface area contributed by atoms with Crippen molar-refractivity contribution in [2.45, 2.75) is 31.9 Å². The Hall–Kier alpha value is -0.610. The molecule has 0 fully saturated rings. The van der Waals surface area contributed by atoms with Crippen molar-refractivity contribution in [3.63, 3.8) is 0 Å². The van der Waals surface area contributed by atoms with E-state index in [9.17, 15) is 13.0 Å². The third-order valence-electron chi connectivity index (χ3n) is 3.12. The number of rotatable bonds is 2. The van der Waals surface area contributed by atoms with Gasteiger partial charge in [0.15, 0.2) is 0 Å². The lowest BCUT2D eigenvalue weighted by Gasteiger charge is -2.33. The summed E-state index contributed by atoms with van der Waals surface area (Å²) >= 11 is 0. The Kier molecular flexibility index (Phi) is 2.88. The van der Waals surface area contributed by atoms with Crippen LogP contribution in [0.3, 0.4) is 0 Å². The highest BCUT2D eigenvalue weighted by Gasteiger charge is 2.43. The van der Waals surface area contributed by atoms with Crippen LogP contribution in [0.1, 0.15) is 27.2 Å². The lowest BCUT2D eigenvalue weighted by atomic mass is 9.83. The molecule has 1 N–H and O–H groups in total. The van der Waals surface area contributed by atoms with Crippen LogP contribution in [0.15, 0.2) is 23.8 Å². The fourth-order valence-corrected chi connectivity index (χ4v) is 2.60. The van der Waals surface area contributed by atoms with E-state index in [-0.39, 0.29) is 5.92 Å². The van der Waals surface area contributed by atoms with Crippen molar-refractivity contribution in [2.75, 3.05) is 0 Å². The van der Waals surface area contributed by atoms with Crippen LogP contribution < -0.4 is 0 Å². The maximum atomic E-state index is 11.3. The van der Waals surface area contributed by atoms with Crippen LogP contribution in [0.5, 0.6) is 0 Å². The van der Waals surface area contributed by atoms with E-state index in [0.29, 0.717) is 0 Å². The van der Waals surface area contributed by atoms with Gasteiger partial charge in [0.1, 0.15) is 4.75 Å². The van der Waals surface area contributed by atoms with E-state index >= 15 is 0 Å². The van der Waals surface area contributed by atoms with Gasteiger partial charge in [-0.25, -0.2) is 0 Å². The van der Waals surface area contributed by atoms with Gasteiger partial charge in [0, 0.05) is 5.92 Å². The van der Waals surface area contributed by atoms with Gasteiger partial charge in [-0.1, -0.05) is 37.6 Å². The molecule has 0 saturated heterocycles. The first-order valence-corrected chi connectivity index (χ1v) is 6.12. The predicted octanol–water partition coefficient (Wildman–Crippen LogP) is 2.18. The van der Waals surface area contributed by atoms with E-state index in [2.05, 4.69) is 0 Å². The zero-order chi connectivity index (χ0) is 11.0. The average Bonchev–Trinajstić information content (AvgIpc) is 2.08. The van der Waals surface area contributed by atoms with Crippen molar-refractivity contribution in [1.29, 1.82) is 0 Å². The second-order valence-corrected chi connectivity index (χ2v) is 5.66. The molecule has 80 valence electrons. The summed E-state index contributed by atoms with van der Waals surface area (Å²) in [6.07, 6.45) is 5.97. The van der Waals surface area contributed by atoms with E-state index in [4.69, 9.17) is 0 Å². The molecule has 2 atom stereocenters. The second kappa shape index (κ2) is 3.51. The highest BCUT2D eigenvalue weighted by atomic mass is 32.2. The third kappa shape index (κ3) is 1.64. The van der Waals surface area contributed by atoms with Crippen molar-refractivity contribution < 1.29 is 13.0 Å². The van der Waals surface area contributed by atoms with E-state index < -0.39 is 14.9 Å². The zero-order valence-corrected chi connectivity index (χ0v) is 9.50. The average molecular weight is 216 g/mol.